The quantitative estimate of drug-likeness (QED) is 0.564. The Labute approximate surface area is 91.7 Å². The summed E-state index contributed by atoms with van der Waals surface area (Å²) in [5.41, 5.74) is 0.717. The summed E-state index contributed by atoms with van der Waals surface area (Å²) in [6, 6.07) is 11.7. The van der Waals surface area contributed by atoms with E-state index >= 15 is 0 Å². The topological polar surface area (TPSA) is 23.8 Å². The van der Waals surface area contributed by atoms with E-state index in [1.165, 1.54) is 0 Å². The van der Waals surface area contributed by atoms with Gasteiger partial charge in [0.05, 0.1) is 12.0 Å². The van der Waals surface area contributed by atoms with Gasteiger partial charge in [0.25, 0.3) is 0 Å². The molecule has 80 valence electrons. The molecule has 2 unspecified atom stereocenters. The molecule has 3 heteroatoms. The molecule has 15 heavy (non-hydrogen) atoms. The van der Waals surface area contributed by atoms with E-state index in [9.17, 15) is 4.11 Å². The third-order valence-electron chi connectivity index (χ3n) is 2.60. The Morgan fingerprint density at radius 2 is 1.80 bits per heavy atom. The molecule has 1 aromatic carbocycles. The molecule has 0 radical (unpaired) electrons. The molecule has 0 aliphatic heterocycles. The SMILES string of the molecule is CC(C#N)C(c1ccccc1)[Si](C)(C)F. The highest BCUT2D eigenvalue weighted by Gasteiger charge is 2.38. The third kappa shape index (κ3) is 2.90. The summed E-state index contributed by atoms with van der Waals surface area (Å²) in [6.07, 6.45) is 0. The summed E-state index contributed by atoms with van der Waals surface area (Å²) in [4.78, 5) is 0. The van der Waals surface area contributed by atoms with Gasteiger partial charge in [-0.1, -0.05) is 30.3 Å². The minimum Gasteiger partial charge on any atom is -0.314 e. The first-order chi connectivity index (χ1) is 6.96. The molecule has 0 bridgehead atoms. The summed E-state index contributed by atoms with van der Waals surface area (Å²) in [7, 11) is -2.83. The number of halogens is 1. The second-order valence-corrected chi connectivity index (χ2v) is 8.12. The highest BCUT2D eigenvalue weighted by Crippen LogP contribution is 2.34. The minimum atomic E-state index is -2.83. The average Bonchev–Trinajstić information content (AvgIpc) is 2.17. The van der Waals surface area contributed by atoms with Crippen molar-refractivity contribution in [3.63, 3.8) is 0 Å². The second kappa shape index (κ2) is 4.58. The number of nitriles is 1. The van der Waals surface area contributed by atoms with Crippen molar-refractivity contribution in [1.29, 1.82) is 5.26 Å². The fourth-order valence-electron chi connectivity index (χ4n) is 2.01. The normalized spacial score (nSPS) is 15.4. The van der Waals surface area contributed by atoms with Gasteiger partial charge in [0.1, 0.15) is 0 Å². The molecule has 0 aliphatic carbocycles. The van der Waals surface area contributed by atoms with Gasteiger partial charge in [0.2, 0.25) is 8.41 Å². The van der Waals surface area contributed by atoms with Crippen molar-refractivity contribution in [3.8, 4) is 6.07 Å². The standard InChI is InChI=1S/C12H16FNSi/c1-10(9-14)12(15(2,3)13)11-7-5-4-6-8-11/h4-8,10,12H,1-3H3. The molecule has 0 spiro atoms. The monoisotopic (exact) mass is 221 g/mol. The maximum absolute atomic E-state index is 14.2. The molecule has 0 aromatic heterocycles. The van der Waals surface area contributed by atoms with Crippen LogP contribution in [0.2, 0.25) is 13.1 Å². The fraction of sp³-hybridized carbons (Fsp3) is 0.417. The average molecular weight is 221 g/mol. The van der Waals surface area contributed by atoms with Gasteiger partial charge in [-0.2, -0.15) is 5.26 Å². The van der Waals surface area contributed by atoms with Crippen molar-refractivity contribution in [3.05, 3.63) is 35.9 Å². The zero-order valence-corrected chi connectivity index (χ0v) is 10.4. The minimum absolute atomic E-state index is 0.233. The van der Waals surface area contributed by atoms with Crippen molar-refractivity contribution < 1.29 is 4.11 Å². The lowest BCUT2D eigenvalue weighted by molar-refractivity contribution is 0.622. The van der Waals surface area contributed by atoms with Crippen molar-refractivity contribution in [2.24, 2.45) is 5.92 Å². The highest BCUT2D eigenvalue weighted by atomic mass is 28.4. The summed E-state index contributed by atoms with van der Waals surface area (Å²) < 4.78 is 14.2. The number of rotatable bonds is 3. The number of hydrogen-bond donors (Lipinski definition) is 0. The third-order valence-corrected chi connectivity index (χ3v) is 4.91. The van der Waals surface area contributed by atoms with E-state index in [4.69, 9.17) is 5.26 Å². The van der Waals surface area contributed by atoms with E-state index in [0.29, 0.717) is 0 Å². The van der Waals surface area contributed by atoms with E-state index in [-0.39, 0.29) is 11.5 Å². The molecule has 0 amide bonds. The Hall–Kier alpha value is -1.14. The first-order valence-corrected chi connectivity index (χ1v) is 8.06. The lowest BCUT2D eigenvalue weighted by Crippen LogP contribution is -2.33. The highest BCUT2D eigenvalue weighted by molar-refractivity contribution is 6.72. The maximum Gasteiger partial charge on any atom is 0.249 e. The zero-order valence-electron chi connectivity index (χ0n) is 9.37. The molecule has 0 aliphatic rings. The van der Waals surface area contributed by atoms with E-state index in [1.54, 1.807) is 20.0 Å². The predicted octanol–water partition coefficient (Wildman–Crippen LogP) is 3.64. The molecule has 0 heterocycles. The lowest BCUT2D eigenvalue weighted by atomic mass is 10.0. The molecule has 0 saturated heterocycles. The van der Waals surface area contributed by atoms with Crippen LogP contribution in [0.5, 0.6) is 0 Å². The van der Waals surface area contributed by atoms with Crippen molar-refractivity contribution in [1.82, 2.24) is 0 Å². The molecule has 1 nitrogen and oxygen atoms in total. The maximum atomic E-state index is 14.2. The van der Waals surface area contributed by atoms with E-state index in [1.807, 2.05) is 30.3 Å². The van der Waals surface area contributed by atoms with E-state index in [2.05, 4.69) is 6.07 Å². The van der Waals surface area contributed by atoms with Gasteiger partial charge in [0, 0.05) is 5.54 Å². The summed E-state index contributed by atoms with van der Waals surface area (Å²) in [6.45, 7) is 5.13. The van der Waals surface area contributed by atoms with Crippen LogP contribution in [0.3, 0.4) is 0 Å². The lowest BCUT2D eigenvalue weighted by Gasteiger charge is -2.27. The number of hydrogen-bond acceptors (Lipinski definition) is 1. The first-order valence-electron chi connectivity index (χ1n) is 5.10. The van der Waals surface area contributed by atoms with Crippen LogP contribution in [0.15, 0.2) is 30.3 Å². The van der Waals surface area contributed by atoms with Gasteiger partial charge in [0.15, 0.2) is 0 Å². The first kappa shape index (κ1) is 11.9. The van der Waals surface area contributed by atoms with Gasteiger partial charge in [-0.15, -0.1) is 0 Å². The van der Waals surface area contributed by atoms with Gasteiger partial charge in [-0.25, -0.2) is 0 Å². The van der Waals surface area contributed by atoms with Crippen LogP contribution >= 0.6 is 0 Å². The number of nitrogens with zero attached hydrogens (tertiary/aromatic N) is 1. The van der Waals surface area contributed by atoms with E-state index in [0.717, 1.165) is 5.56 Å². The van der Waals surface area contributed by atoms with Crippen LogP contribution < -0.4 is 0 Å². The molecule has 1 aromatic rings. The van der Waals surface area contributed by atoms with Crippen LogP contribution in [0.25, 0.3) is 0 Å². The largest absolute Gasteiger partial charge is 0.314 e. The molecular formula is C12H16FNSi. The van der Waals surface area contributed by atoms with Crippen molar-refractivity contribution >= 4 is 8.41 Å². The van der Waals surface area contributed by atoms with Gasteiger partial charge >= 0.3 is 0 Å². The Balaban J connectivity index is 3.09. The molecule has 0 N–H and O–H groups in total. The van der Waals surface area contributed by atoms with Gasteiger partial charge in [-0.05, 0) is 25.6 Å². The Bertz CT molecular complexity index is 350. The molecule has 0 saturated carbocycles. The fourth-order valence-corrected chi connectivity index (χ4v) is 4.26. The Morgan fingerprint density at radius 1 is 1.27 bits per heavy atom. The molecule has 0 fully saturated rings. The molecule has 2 atom stereocenters. The zero-order chi connectivity index (χ0) is 11.5. The second-order valence-electron chi connectivity index (χ2n) is 4.37. The van der Waals surface area contributed by atoms with Gasteiger partial charge in [-0.3, -0.25) is 0 Å². The van der Waals surface area contributed by atoms with Gasteiger partial charge < -0.3 is 4.11 Å². The Morgan fingerprint density at radius 3 is 2.20 bits per heavy atom. The van der Waals surface area contributed by atoms with Crippen LogP contribution in [-0.4, -0.2) is 8.41 Å². The van der Waals surface area contributed by atoms with Crippen LogP contribution in [0.4, 0.5) is 4.11 Å². The van der Waals surface area contributed by atoms with Crippen molar-refractivity contribution in [2.75, 3.05) is 0 Å². The molecule has 1 rings (SSSR count). The summed E-state index contributed by atoms with van der Waals surface area (Å²) in [5.74, 6) is -0.265. The van der Waals surface area contributed by atoms with Crippen LogP contribution in [-0.2, 0) is 0 Å². The van der Waals surface area contributed by atoms with Crippen LogP contribution in [0, 0.1) is 17.2 Å². The summed E-state index contributed by atoms with van der Waals surface area (Å²) in [5, 5.41) is 8.94. The Kier molecular flexibility index (Phi) is 3.65. The van der Waals surface area contributed by atoms with E-state index < -0.39 is 8.41 Å². The molecular weight excluding hydrogens is 205 g/mol. The van der Waals surface area contributed by atoms with Crippen molar-refractivity contribution in [2.45, 2.75) is 25.6 Å². The summed E-state index contributed by atoms with van der Waals surface area (Å²) >= 11 is 0. The number of benzene rings is 1. The smallest absolute Gasteiger partial charge is 0.249 e. The predicted molar refractivity (Wildman–Crippen MR) is 62.6 cm³/mol. The van der Waals surface area contributed by atoms with Crippen LogP contribution in [0.1, 0.15) is 18.0 Å².